The average molecular weight is 245 g/mol. The van der Waals surface area contributed by atoms with Gasteiger partial charge in [-0.2, -0.15) is 0 Å². The van der Waals surface area contributed by atoms with Crippen LogP contribution in [0.15, 0.2) is 36.4 Å². The van der Waals surface area contributed by atoms with Crippen LogP contribution >= 0.6 is 11.6 Å². The van der Waals surface area contributed by atoms with Gasteiger partial charge in [0.1, 0.15) is 22.5 Å². The van der Waals surface area contributed by atoms with Gasteiger partial charge in [-0.1, -0.05) is 17.7 Å². The molecule has 0 aliphatic carbocycles. The third-order valence-electron chi connectivity index (χ3n) is 2.38. The maximum atomic E-state index is 9.70. The molecule has 0 unspecified atom stereocenters. The molecule has 4 nitrogen and oxygen atoms in total. The van der Waals surface area contributed by atoms with Crippen molar-refractivity contribution in [3.8, 4) is 11.4 Å². The van der Waals surface area contributed by atoms with Crippen molar-refractivity contribution in [2.45, 2.75) is 0 Å². The summed E-state index contributed by atoms with van der Waals surface area (Å²) in [6.07, 6.45) is 0. The molecule has 2 aromatic carbocycles. The Balaban J connectivity index is 2.22. The minimum atomic E-state index is 0.107. The molecule has 3 aromatic rings. The van der Waals surface area contributed by atoms with Gasteiger partial charge in [-0.15, -0.1) is 15.0 Å². The van der Waals surface area contributed by atoms with E-state index in [1.54, 1.807) is 30.3 Å². The van der Waals surface area contributed by atoms with Gasteiger partial charge in [0.15, 0.2) is 0 Å². The lowest BCUT2D eigenvalue weighted by Gasteiger charge is -2.00. The van der Waals surface area contributed by atoms with E-state index in [9.17, 15) is 5.11 Å². The molecular formula is C12H7ClN3O. The smallest absolute Gasteiger partial charge is 0.143 e. The first kappa shape index (κ1) is 10.1. The van der Waals surface area contributed by atoms with Crippen LogP contribution in [0.4, 0.5) is 0 Å². The highest BCUT2D eigenvalue weighted by molar-refractivity contribution is 6.31. The van der Waals surface area contributed by atoms with E-state index in [0.717, 1.165) is 5.52 Å². The first-order valence-electron chi connectivity index (χ1n) is 4.96. The van der Waals surface area contributed by atoms with Crippen LogP contribution in [-0.4, -0.2) is 20.1 Å². The Bertz CT molecular complexity index is 693. The van der Waals surface area contributed by atoms with Gasteiger partial charge in [-0.3, -0.25) is 0 Å². The Morgan fingerprint density at radius 1 is 1.18 bits per heavy atom. The molecule has 0 spiro atoms. The molecule has 0 aliphatic rings. The third kappa shape index (κ3) is 1.72. The Kier molecular flexibility index (Phi) is 2.23. The first-order chi connectivity index (χ1) is 8.24. The number of fused-ring (bicyclic) bond motifs is 1. The zero-order valence-electron chi connectivity index (χ0n) is 8.63. The fourth-order valence-corrected chi connectivity index (χ4v) is 1.74. The zero-order valence-corrected chi connectivity index (χ0v) is 9.39. The number of phenols is 1. The van der Waals surface area contributed by atoms with Crippen molar-refractivity contribution in [3.05, 3.63) is 47.5 Å². The van der Waals surface area contributed by atoms with Crippen molar-refractivity contribution in [2.24, 2.45) is 0 Å². The summed E-state index contributed by atoms with van der Waals surface area (Å²) >= 11 is 5.87. The maximum Gasteiger partial charge on any atom is 0.143 e. The van der Waals surface area contributed by atoms with Crippen LogP contribution in [-0.2, 0) is 0 Å². The molecule has 1 aromatic heterocycles. The second-order valence-electron chi connectivity index (χ2n) is 3.54. The molecule has 0 saturated carbocycles. The number of nitrogens with zero attached hydrogens (tertiary/aromatic N) is 3. The number of phenolic OH excluding ortho intramolecular Hbond substituents is 1. The molecule has 0 atom stereocenters. The van der Waals surface area contributed by atoms with Gasteiger partial charge in [-0.25, -0.2) is 0 Å². The summed E-state index contributed by atoms with van der Waals surface area (Å²) in [4.78, 5) is 1.37. The molecule has 3 rings (SSSR count). The third-order valence-corrected chi connectivity index (χ3v) is 2.61. The average Bonchev–Trinajstić information content (AvgIpc) is 2.72. The van der Waals surface area contributed by atoms with E-state index >= 15 is 0 Å². The molecule has 0 saturated heterocycles. The number of benzene rings is 2. The first-order valence-corrected chi connectivity index (χ1v) is 5.34. The second-order valence-corrected chi connectivity index (χ2v) is 3.97. The van der Waals surface area contributed by atoms with Crippen LogP contribution in [0.3, 0.4) is 0 Å². The van der Waals surface area contributed by atoms with Gasteiger partial charge < -0.3 is 5.11 Å². The topological polar surface area (TPSA) is 50.9 Å². The van der Waals surface area contributed by atoms with Crippen molar-refractivity contribution < 1.29 is 5.11 Å². The van der Waals surface area contributed by atoms with E-state index < -0.39 is 0 Å². The summed E-state index contributed by atoms with van der Waals surface area (Å²) in [6.45, 7) is 0. The molecule has 0 fully saturated rings. The van der Waals surface area contributed by atoms with Crippen molar-refractivity contribution in [3.63, 3.8) is 0 Å². The van der Waals surface area contributed by atoms with Crippen LogP contribution in [0.5, 0.6) is 5.75 Å². The van der Waals surface area contributed by atoms with E-state index in [-0.39, 0.29) is 5.75 Å². The molecule has 0 aliphatic heterocycles. The highest BCUT2D eigenvalue weighted by Crippen LogP contribution is 2.21. The molecule has 5 heteroatoms. The highest BCUT2D eigenvalue weighted by atomic mass is 35.5. The number of halogens is 1. The number of hydrogen-bond acceptors (Lipinski definition) is 3. The van der Waals surface area contributed by atoms with E-state index in [2.05, 4.69) is 16.3 Å². The van der Waals surface area contributed by atoms with Gasteiger partial charge in [0.25, 0.3) is 0 Å². The number of rotatable bonds is 1. The standard InChI is InChI=1S/C12H7ClN3O/c13-8-5-6-9-10(7-8)15-16(14-9)11-3-1-2-4-12(11)17/h2-7,17H. The fourth-order valence-electron chi connectivity index (χ4n) is 1.57. The van der Waals surface area contributed by atoms with Gasteiger partial charge in [-0.05, 0) is 36.4 Å². The van der Waals surface area contributed by atoms with E-state index in [1.165, 1.54) is 10.9 Å². The lowest BCUT2D eigenvalue weighted by molar-refractivity contribution is 0.468. The van der Waals surface area contributed by atoms with Crippen molar-refractivity contribution in [1.29, 1.82) is 0 Å². The van der Waals surface area contributed by atoms with E-state index in [1.807, 2.05) is 0 Å². The monoisotopic (exact) mass is 244 g/mol. The van der Waals surface area contributed by atoms with Gasteiger partial charge in [0, 0.05) is 5.02 Å². The molecule has 83 valence electrons. The molecule has 0 amide bonds. The van der Waals surface area contributed by atoms with E-state index in [0.29, 0.717) is 16.2 Å². The van der Waals surface area contributed by atoms with E-state index in [4.69, 9.17) is 11.6 Å². The minimum Gasteiger partial charge on any atom is -0.506 e. The largest absolute Gasteiger partial charge is 0.506 e. The highest BCUT2D eigenvalue weighted by Gasteiger charge is 2.07. The lowest BCUT2D eigenvalue weighted by Crippen LogP contribution is -1.98. The second kappa shape index (κ2) is 3.75. The number of aromatic hydroxyl groups is 1. The number of hydrogen-bond donors (Lipinski definition) is 1. The van der Waals surface area contributed by atoms with Crippen LogP contribution in [0.25, 0.3) is 16.7 Å². The molecule has 17 heavy (non-hydrogen) atoms. The maximum absolute atomic E-state index is 9.70. The van der Waals surface area contributed by atoms with Gasteiger partial charge in [0.2, 0.25) is 0 Å². The van der Waals surface area contributed by atoms with Crippen LogP contribution in [0, 0.1) is 6.07 Å². The summed E-state index contributed by atoms with van der Waals surface area (Å²) < 4.78 is 0. The summed E-state index contributed by atoms with van der Waals surface area (Å²) in [7, 11) is 0. The molecule has 0 bridgehead atoms. The predicted octanol–water partition coefficient (Wildman–Crippen LogP) is 2.58. The number of aromatic nitrogens is 3. The Labute approximate surface area is 102 Å². The van der Waals surface area contributed by atoms with Crippen molar-refractivity contribution >= 4 is 22.6 Å². The Morgan fingerprint density at radius 2 is 2.00 bits per heavy atom. The molecule has 1 heterocycles. The quantitative estimate of drug-likeness (QED) is 0.716. The molecular weight excluding hydrogens is 238 g/mol. The molecule has 1 radical (unpaired) electrons. The summed E-state index contributed by atoms with van der Waals surface area (Å²) in [5, 5.41) is 18.8. The minimum absolute atomic E-state index is 0.107. The summed E-state index contributed by atoms with van der Waals surface area (Å²) in [6, 6.07) is 12.9. The summed E-state index contributed by atoms with van der Waals surface area (Å²) in [5.74, 6) is 0.107. The SMILES string of the molecule is Oc1cc[c]cc1-n1nc2ccc(Cl)cc2n1. The zero-order chi connectivity index (χ0) is 11.8. The predicted molar refractivity (Wildman–Crippen MR) is 64.4 cm³/mol. The van der Waals surface area contributed by atoms with Gasteiger partial charge >= 0.3 is 0 Å². The van der Waals surface area contributed by atoms with Gasteiger partial charge in [0.05, 0.1) is 0 Å². The fraction of sp³-hybridized carbons (Fsp3) is 0. The Morgan fingerprint density at radius 3 is 2.82 bits per heavy atom. The van der Waals surface area contributed by atoms with Crippen molar-refractivity contribution in [2.75, 3.05) is 0 Å². The molecule has 1 N–H and O–H groups in total. The van der Waals surface area contributed by atoms with Crippen LogP contribution < -0.4 is 0 Å². The lowest BCUT2D eigenvalue weighted by atomic mass is 10.3. The van der Waals surface area contributed by atoms with Crippen molar-refractivity contribution in [1.82, 2.24) is 15.0 Å². The van der Waals surface area contributed by atoms with Crippen LogP contribution in [0.2, 0.25) is 5.02 Å². The Hall–Kier alpha value is -2.07. The summed E-state index contributed by atoms with van der Waals surface area (Å²) in [5.41, 5.74) is 1.89. The normalized spacial score (nSPS) is 10.9. The van der Waals surface area contributed by atoms with Crippen LogP contribution in [0.1, 0.15) is 0 Å².